The van der Waals surface area contributed by atoms with E-state index in [4.69, 9.17) is 32.5 Å². The van der Waals surface area contributed by atoms with Crippen molar-refractivity contribution in [3.63, 3.8) is 0 Å². The molecule has 0 unspecified atom stereocenters. The molecule has 0 aliphatic heterocycles. The van der Waals surface area contributed by atoms with E-state index in [1.165, 1.54) is 0 Å². The van der Waals surface area contributed by atoms with Crippen molar-refractivity contribution in [2.75, 3.05) is 50.0 Å². The van der Waals surface area contributed by atoms with Crippen LogP contribution in [0.25, 0.3) is 0 Å². The Morgan fingerprint density at radius 2 is 1.18 bits per heavy atom. The van der Waals surface area contributed by atoms with Gasteiger partial charge in [-0.05, 0) is 76.2 Å². The molecule has 0 radical (unpaired) electrons. The molecule has 0 bridgehead atoms. The number of rotatable bonds is 5. The van der Waals surface area contributed by atoms with Crippen molar-refractivity contribution in [1.29, 1.82) is 0 Å². The number of nitrogens with two attached hydrogens (primary N) is 2. The maximum Gasteiger partial charge on any atom is 0.141 e. The summed E-state index contributed by atoms with van der Waals surface area (Å²) in [6.45, 7) is 7.30. The Kier molecular flexibility index (Phi) is 13.4. The second kappa shape index (κ2) is 15.9. The number of benzene rings is 2. The van der Waals surface area contributed by atoms with Gasteiger partial charge in [-0.2, -0.15) is 0 Å². The molecular weight excluding hydrogens is 528 g/mol. The molecule has 10 nitrogen and oxygen atoms in total. The molecule has 0 amide bonds. The summed E-state index contributed by atoms with van der Waals surface area (Å²) in [6, 6.07) is 15.6. The SMILES string of the molecule is C.CNc1ccc(OC)cc1.COc1ccc(N(C)c2nc(C)nc(N)c2C)cc1.Cc1nc(N)c(C)c(Cl)n1. The van der Waals surface area contributed by atoms with Crippen LogP contribution in [0, 0.1) is 27.7 Å². The number of halogens is 1. The highest BCUT2D eigenvalue weighted by atomic mass is 35.5. The fourth-order valence-corrected chi connectivity index (χ4v) is 3.48. The highest BCUT2D eigenvalue weighted by Gasteiger charge is 2.12. The van der Waals surface area contributed by atoms with Crippen molar-refractivity contribution in [2.45, 2.75) is 35.1 Å². The van der Waals surface area contributed by atoms with Crippen LogP contribution in [-0.4, -0.2) is 48.3 Å². The van der Waals surface area contributed by atoms with Crippen LogP contribution in [-0.2, 0) is 0 Å². The van der Waals surface area contributed by atoms with Gasteiger partial charge in [-0.25, -0.2) is 19.9 Å². The monoisotopic (exact) mass is 568 g/mol. The number of aromatic nitrogens is 4. The van der Waals surface area contributed by atoms with Crippen molar-refractivity contribution >= 4 is 40.4 Å². The summed E-state index contributed by atoms with van der Waals surface area (Å²) in [4.78, 5) is 18.4. The minimum Gasteiger partial charge on any atom is -0.497 e. The summed E-state index contributed by atoms with van der Waals surface area (Å²) in [5.41, 5.74) is 15.1. The van der Waals surface area contributed by atoms with Crippen molar-refractivity contribution in [2.24, 2.45) is 0 Å². The highest BCUT2D eigenvalue weighted by molar-refractivity contribution is 6.30. The van der Waals surface area contributed by atoms with Gasteiger partial charge in [-0.1, -0.05) is 19.0 Å². The lowest BCUT2D eigenvalue weighted by molar-refractivity contribution is 0.414. The lowest BCUT2D eigenvalue weighted by Gasteiger charge is -2.21. The minimum atomic E-state index is 0. The zero-order valence-corrected chi connectivity index (χ0v) is 24.5. The molecule has 0 saturated carbocycles. The maximum atomic E-state index is 5.89. The standard InChI is InChI=1S/C14H18N4O.C8H11NO.C6H8ClN3.CH4/c1-9-13(15)16-10(2)17-14(9)18(3)11-5-7-12(19-4)8-6-11;1-9-7-3-5-8(10-2)6-4-7;1-3-5(7)9-4(2)10-6(3)8;/h5-8H,1-4H3,(H2,15,16,17);3-6,9H,1-2H3;1-2H3,(H2,8,9,10);1H4. The van der Waals surface area contributed by atoms with E-state index in [1.54, 1.807) is 28.1 Å². The molecule has 0 aliphatic carbocycles. The smallest absolute Gasteiger partial charge is 0.141 e. The lowest BCUT2D eigenvalue weighted by Crippen LogP contribution is -2.15. The van der Waals surface area contributed by atoms with E-state index in [9.17, 15) is 0 Å². The Bertz CT molecular complexity index is 1300. The normalized spacial score (nSPS) is 9.62. The molecule has 11 heteroatoms. The maximum absolute atomic E-state index is 5.89. The number of nitrogens with one attached hydrogen (secondary N) is 1. The van der Waals surface area contributed by atoms with Gasteiger partial charge in [0.15, 0.2) is 0 Å². The third-order valence-electron chi connectivity index (χ3n) is 5.66. The third-order valence-corrected chi connectivity index (χ3v) is 6.03. The molecule has 5 N–H and O–H groups in total. The van der Waals surface area contributed by atoms with E-state index in [0.29, 0.717) is 28.4 Å². The topological polar surface area (TPSA) is 137 Å². The number of methoxy groups -OCH3 is 2. The third kappa shape index (κ3) is 9.46. The van der Waals surface area contributed by atoms with Gasteiger partial charge in [0.25, 0.3) is 0 Å². The minimum absolute atomic E-state index is 0. The molecule has 0 fully saturated rings. The van der Waals surface area contributed by atoms with Gasteiger partial charge < -0.3 is 31.2 Å². The molecule has 0 saturated heterocycles. The van der Waals surface area contributed by atoms with Crippen LogP contribution < -0.4 is 31.2 Å². The van der Waals surface area contributed by atoms with Gasteiger partial charge in [0.05, 0.1) is 14.2 Å². The van der Waals surface area contributed by atoms with Crippen LogP contribution in [0.1, 0.15) is 30.2 Å². The first kappa shape index (κ1) is 33.7. The average molecular weight is 569 g/mol. The molecule has 2 heterocycles. The van der Waals surface area contributed by atoms with Crippen molar-refractivity contribution in [3.05, 3.63) is 76.5 Å². The van der Waals surface area contributed by atoms with Crippen molar-refractivity contribution < 1.29 is 9.47 Å². The van der Waals surface area contributed by atoms with E-state index in [2.05, 4.69) is 25.3 Å². The van der Waals surface area contributed by atoms with Gasteiger partial charge >= 0.3 is 0 Å². The Morgan fingerprint density at radius 3 is 1.62 bits per heavy atom. The van der Waals surface area contributed by atoms with E-state index in [0.717, 1.165) is 39.8 Å². The molecule has 40 heavy (non-hydrogen) atoms. The zero-order valence-electron chi connectivity index (χ0n) is 23.7. The van der Waals surface area contributed by atoms with E-state index < -0.39 is 0 Å². The van der Waals surface area contributed by atoms with Gasteiger partial charge in [0.2, 0.25) is 0 Å². The summed E-state index contributed by atoms with van der Waals surface area (Å²) >= 11 is 5.69. The van der Waals surface area contributed by atoms with Crippen molar-refractivity contribution in [1.82, 2.24) is 19.9 Å². The number of nitrogens with zero attached hydrogens (tertiary/aromatic N) is 5. The Hall–Kier alpha value is -4.31. The van der Waals surface area contributed by atoms with Crippen LogP contribution >= 0.6 is 11.6 Å². The molecule has 4 aromatic rings. The summed E-state index contributed by atoms with van der Waals surface area (Å²) in [6.07, 6.45) is 0. The highest BCUT2D eigenvalue weighted by Crippen LogP contribution is 2.28. The zero-order chi connectivity index (χ0) is 29.1. The Morgan fingerprint density at radius 1 is 0.725 bits per heavy atom. The number of aryl methyl sites for hydroxylation is 2. The fourth-order valence-electron chi connectivity index (χ4n) is 3.26. The summed E-state index contributed by atoms with van der Waals surface area (Å²) in [5, 5.41) is 3.46. The quantitative estimate of drug-likeness (QED) is 0.240. The summed E-state index contributed by atoms with van der Waals surface area (Å²) < 4.78 is 10.1. The van der Waals surface area contributed by atoms with Gasteiger partial charge in [-0.3, -0.25) is 0 Å². The number of nitrogen functional groups attached to an aromatic ring is 2. The second-order valence-corrected chi connectivity index (χ2v) is 8.77. The second-order valence-electron chi connectivity index (χ2n) is 8.41. The van der Waals surface area contributed by atoms with Crippen LogP contribution in [0.2, 0.25) is 5.15 Å². The van der Waals surface area contributed by atoms with E-state index in [1.807, 2.05) is 81.4 Å². The number of ether oxygens (including phenoxy) is 2. The predicted molar refractivity (Wildman–Crippen MR) is 167 cm³/mol. The van der Waals surface area contributed by atoms with Gasteiger partial charge in [0.1, 0.15) is 45.8 Å². The fraction of sp³-hybridized carbons (Fsp3) is 0.310. The molecule has 0 atom stereocenters. The molecule has 4 rings (SSSR count). The molecule has 216 valence electrons. The lowest BCUT2D eigenvalue weighted by atomic mass is 10.2. The van der Waals surface area contributed by atoms with Gasteiger partial charge in [-0.15, -0.1) is 0 Å². The van der Waals surface area contributed by atoms with Crippen molar-refractivity contribution in [3.8, 4) is 11.5 Å². The largest absolute Gasteiger partial charge is 0.497 e. The van der Waals surface area contributed by atoms with Crippen LogP contribution in [0.5, 0.6) is 11.5 Å². The first-order valence-corrected chi connectivity index (χ1v) is 12.4. The average Bonchev–Trinajstić information content (AvgIpc) is 2.94. The molecule has 2 aromatic carbocycles. The van der Waals surface area contributed by atoms with Crippen LogP contribution in [0.4, 0.5) is 28.8 Å². The first-order valence-electron chi connectivity index (χ1n) is 12.1. The van der Waals surface area contributed by atoms with E-state index >= 15 is 0 Å². The Labute approximate surface area is 242 Å². The molecular formula is C29H41ClN8O2. The molecule has 0 aliphatic rings. The molecule has 2 aromatic heterocycles. The summed E-state index contributed by atoms with van der Waals surface area (Å²) in [5.74, 6) is 4.77. The predicted octanol–water partition coefficient (Wildman–Crippen LogP) is 6.15. The van der Waals surface area contributed by atoms with Crippen LogP contribution in [0.3, 0.4) is 0 Å². The number of anilines is 5. The summed E-state index contributed by atoms with van der Waals surface area (Å²) in [7, 11) is 7.16. The van der Waals surface area contributed by atoms with Crippen LogP contribution in [0.15, 0.2) is 48.5 Å². The Balaban J connectivity index is 0.000000324. The first-order chi connectivity index (χ1) is 18.5. The molecule has 0 spiro atoms. The number of hydrogen-bond acceptors (Lipinski definition) is 10. The van der Waals surface area contributed by atoms with E-state index in [-0.39, 0.29) is 7.43 Å². The van der Waals surface area contributed by atoms with Gasteiger partial charge in [0, 0.05) is 36.6 Å². The number of hydrogen-bond donors (Lipinski definition) is 3.